The lowest BCUT2D eigenvalue weighted by molar-refractivity contribution is 0.622. The molecule has 0 aliphatic carbocycles. The number of benzene rings is 1. The maximum absolute atomic E-state index is 13.2. The average Bonchev–Trinajstić information content (AvgIpc) is 3.40. The highest BCUT2D eigenvalue weighted by atomic mass is 32.1. The third-order valence-electron chi connectivity index (χ3n) is 5.60. The number of hydrogen-bond acceptors (Lipinski definition) is 5. The maximum Gasteiger partial charge on any atom is 0.158 e. The van der Waals surface area contributed by atoms with Crippen LogP contribution in [0.25, 0.3) is 16.2 Å². The van der Waals surface area contributed by atoms with Crippen LogP contribution >= 0.6 is 11.3 Å². The van der Waals surface area contributed by atoms with Crippen molar-refractivity contribution in [3.05, 3.63) is 64.9 Å². The van der Waals surface area contributed by atoms with Crippen LogP contribution in [0.5, 0.6) is 0 Å². The van der Waals surface area contributed by atoms with E-state index in [0.29, 0.717) is 0 Å². The van der Waals surface area contributed by atoms with Crippen molar-refractivity contribution in [2.75, 3.05) is 36.0 Å². The first-order valence-corrected chi connectivity index (χ1v) is 10.6. The Bertz CT molecular complexity index is 1140. The second-order valence-corrected chi connectivity index (χ2v) is 8.32. The van der Waals surface area contributed by atoms with E-state index in [1.54, 1.807) is 11.3 Å². The van der Waals surface area contributed by atoms with Crippen LogP contribution in [0.2, 0.25) is 0 Å². The van der Waals surface area contributed by atoms with E-state index in [0.717, 1.165) is 65.2 Å². The minimum atomic E-state index is -0.196. The molecule has 5 rings (SSSR count). The SMILES string of the molecule is Cc1nc2cc(-c3cccs3)nn2c(N2CCN(c3ccc(F)cc3)CC2)c1C. The van der Waals surface area contributed by atoms with E-state index < -0.39 is 0 Å². The zero-order chi connectivity index (χ0) is 20.0. The normalized spacial score (nSPS) is 14.7. The molecule has 5 nitrogen and oxygen atoms in total. The van der Waals surface area contributed by atoms with Crippen LogP contribution in [0.15, 0.2) is 47.8 Å². The monoisotopic (exact) mass is 407 g/mol. The minimum absolute atomic E-state index is 0.196. The van der Waals surface area contributed by atoms with Crippen molar-refractivity contribution in [3.63, 3.8) is 0 Å². The topological polar surface area (TPSA) is 36.7 Å². The van der Waals surface area contributed by atoms with Gasteiger partial charge in [0.25, 0.3) is 0 Å². The molecule has 0 amide bonds. The fourth-order valence-electron chi connectivity index (χ4n) is 3.93. The molecule has 0 unspecified atom stereocenters. The van der Waals surface area contributed by atoms with E-state index >= 15 is 0 Å². The van der Waals surface area contributed by atoms with Crippen LogP contribution in [0.1, 0.15) is 11.3 Å². The molecule has 0 atom stereocenters. The lowest BCUT2D eigenvalue weighted by Gasteiger charge is -2.38. The predicted molar refractivity (Wildman–Crippen MR) is 117 cm³/mol. The molecule has 1 aliphatic heterocycles. The summed E-state index contributed by atoms with van der Waals surface area (Å²) in [6.45, 7) is 7.71. The standard InChI is InChI=1S/C22H22FN5S/c1-15-16(2)24-21-14-19(20-4-3-13-29-20)25-28(21)22(15)27-11-9-26(10-12-27)18-7-5-17(23)6-8-18/h3-8,13-14H,9-12H2,1-2H3. The number of hydrogen-bond donors (Lipinski definition) is 0. The molecule has 4 aromatic rings. The fraction of sp³-hybridized carbons (Fsp3) is 0.273. The summed E-state index contributed by atoms with van der Waals surface area (Å²) in [5.41, 5.74) is 5.11. The zero-order valence-corrected chi connectivity index (χ0v) is 17.3. The number of halogens is 1. The first-order chi connectivity index (χ1) is 14.1. The third kappa shape index (κ3) is 3.25. The number of aryl methyl sites for hydroxylation is 1. The largest absolute Gasteiger partial charge is 0.368 e. The number of fused-ring (bicyclic) bond motifs is 1. The Hall–Kier alpha value is -2.93. The molecule has 1 fully saturated rings. The van der Waals surface area contributed by atoms with Gasteiger partial charge in [-0.15, -0.1) is 11.3 Å². The van der Waals surface area contributed by atoms with E-state index in [4.69, 9.17) is 10.1 Å². The van der Waals surface area contributed by atoms with Crippen LogP contribution in [-0.4, -0.2) is 40.8 Å². The van der Waals surface area contributed by atoms with Crippen LogP contribution in [0.3, 0.4) is 0 Å². The Morgan fingerprint density at radius 3 is 2.38 bits per heavy atom. The molecule has 0 saturated carbocycles. The number of nitrogens with zero attached hydrogens (tertiary/aromatic N) is 5. The van der Waals surface area contributed by atoms with Crippen LogP contribution in [0, 0.1) is 19.7 Å². The first kappa shape index (κ1) is 18.1. The van der Waals surface area contributed by atoms with Crippen LogP contribution in [-0.2, 0) is 0 Å². The van der Waals surface area contributed by atoms with E-state index in [2.05, 4.69) is 41.2 Å². The molecular weight excluding hydrogens is 385 g/mol. The molecule has 0 bridgehead atoms. The number of aromatic nitrogens is 3. The molecule has 0 radical (unpaired) electrons. The summed E-state index contributed by atoms with van der Waals surface area (Å²) >= 11 is 1.69. The molecular formula is C22H22FN5S. The van der Waals surface area contributed by atoms with Gasteiger partial charge in [-0.2, -0.15) is 9.61 Å². The van der Waals surface area contributed by atoms with Gasteiger partial charge in [0.05, 0.1) is 4.88 Å². The quantitative estimate of drug-likeness (QED) is 0.500. The van der Waals surface area contributed by atoms with Gasteiger partial charge in [0, 0.05) is 49.2 Å². The summed E-state index contributed by atoms with van der Waals surface area (Å²) in [6, 6.07) is 13.0. The van der Waals surface area contributed by atoms with Crippen molar-refractivity contribution in [3.8, 4) is 10.6 Å². The molecule has 0 spiro atoms. The molecule has 4 heterocycles. The van der Waals surface area contributed by atoms with Crippen LogP contribution < -0.4 is 9.80 Å². The van der Waals surface area contributed by atoms with Crippen molar-refractivity contribution in [2.24, 2.45) is 0 Å². The van der Waals surface area contributed by atoms with E-state index in [-0.39, 0.29) is 5.82 Å². The van der Waals surface area contributed by atoms with Gasteiger partial charge in [0.15, 0.2) is 5.65 Å². The number of thiophene rings is 1. The second-order valence-electron chi connectivity index (χ2n) is 7.37. The number of rotatable bonds is 3. The Balaban J connectivity index is 1.47. The molecule has 29 heavy (non-hydrogen) atoms. The second kappa shape index (κ2) is 7.15. The highest BCUT2D eigenvalue weighted by Gasteiger charge is 2.23. The highest BCUT2D eigenvalue weighted by molar-refractivity contribution is 7.13. The maximum atomic E-state index is 13.2. The van der Waals surface area contributed by atoms with Gasteiger partial charge in [-0.3, -0.25) is 0 Å². The van der Waals surface area contributed by atoms with Gasteiger partial charge in [0.1, 0.15) is 17.3 Å². The van der Waals surface area contributed by atoms with Gasteiger partial charge in [-0.1, -0.05) is 6.07 Å². The smallest absolute Gasteiger partial charge is 0.158 e. The molecule has 3 aromatic heterocycles. The highest BCUT2D eigenvalue weighted by Crippen LogP contribution is 2.30. The average molecular weight is 408 g/mol. The van der Waals surface area contributed by atoms with Crippen molar-refractivity contribution in [1.29, 1.82) is 0 Å². The number of anilines is 2. The lowest BCUT2D eigenvalue weighted by Crippen LogP contribution is -2.47. The molecule has 148 valence electrons. The third-order valence-corrected chi connectivity index (χ3v) is 6.49. The van der Waals surface area contributed by atoms with Gasteiger partial charge < -0.3 is 9.80 Å². The van der Waals surface area contributed by atoms with E-state index in [1.807, 2.05) is 22.7 Å². The van der Waals surface area contributed by atoms with Gasteiger partial charge in [0.2, 0.25) is 0 Å². The van der Waals surface area contributed by atoms with E-state index in [1.165, 1.54) is 12.1 Å². The van der Waals surface area contributed by atoms with Gasteiger partial charge >= 0.3 is 0 Å². The number of piperazine rings is 1. The summed E-state index contributed by atoms with van der Waals surface area (Å²) in [5, 5.41) is 6.96. The molecule has 1 aliphatic rings. The lowest BCUT2D eigenvalue weighted by atomic mass is 10.2. The Morgan fingerprint density at radius 1 is 0.966 bits per heavy atom. The van der Waals surface area contributed by atoms with Crippen molar-refractivity contribution in [2.45, 2.75) is 13.8 Å². The van der Waals surface area contributed by atoms with Crippen molar-refractivity contribution >= 4 is 28.5 Å². The minimum Gasteiger partial charge on any atom is -0.368 e. The summed E-state index contributed by atoms with van der Waals surface area (Å²) in [4.78, 5) is 10.6. The van der Waals surface area contributed by atoms with Gasteiger partial charge in [-0.25, -0.2) is 9.37 Å². The molecule has 0 N–H and O–H groups in total. The molecule has 1 saturated heterocycles. The molecule has 7 heteroatoms. The Kier molecular flexibility index (Phi) is 4.47. The predicted octanol–water partition coefficient (Wildman–Crippen LogP) is 4.54. The van der Waals surface area contributed by atoms with Crippen molar-refractivity contribution < 1.29 is 4.39 Å². The Morgan fingerprint density at radius 2 is 1.69 bits per heavy atom. The molecule has 1 aromatic carbocycles. The van der Waals surface area contributed by atoms with Crippen LogP contribution in [0.4, 0.5) is 15.9 Å². The van der Waals surface area contributed by atoms with E-state index in [9.17, 15) is 4.39 Å². The fourth-order valence-corrected chi connectivity index (χ4v) is 4.61. The Labute approximate surface area is 173 Å². The summed E-state index contributed by atoms with van der Waals surface area (Å²) in [5.74, 6) is 0.923. The summed E-state index contributed by atoms with van der Waals surface area (Å²) < 4.78 is 15.2. The first-order valence-electron chi connectivity index (χ1n) is 9.76. The summed E-state index contributed by atoms with van der Waals surface area (Å²) in [7, 11) is 0. The van der Waals surface area contributed by atoms with Crippen molar-refractivity contribution in [1.82, 2.24) is 14.6 Å². The summed E-state index contributed by atoms with van der Waals surface area (Å²) in [6.07, 6.45) is 0. The van der Waals surface area contributed by atoms with Gasteiger partial charge in [-0.05, 0) is 49.6 Å². The zero-order valence-electron chi connectivity index (χ0n) is 16.5.